The summed E-state index contributed by atoms with van der Waals surface area (Å²) in [7, 11) is 0. The molecule has 4 aliphatic rings. The van der Waals surface area contributed by atoms with Gasteiger partial charge in [0.25, 0.3) is 0 Å². The average Bonchev–Trinajstić information content (AvgIpc) is 3.04. The fourth-order valence-electron chi connectivity index (χ4n) is 9.32. The zero-order chi connectivity index (χ0) is 21.9. The molecule has 4 aliphatic carbocycles. The van der Waals surface area contributed by atoms with E-state index in [1.807, 2.05) is 6.92 Å². The van der Waals surface area contributed by atoms with Crippen molar-refractivity contribution >= 4 is 0 Å². The van der Waals surface area contributed by atoms with Gasteiger partial charge in [-0.1, -0.05) is 27.7 Å². The molecule has 30 heavy (non-hydrogen) atoms. The van der Waals surface area contributed by atoms with Crippen molar-refractivity contribution in [1.29, 1.82) is 0 Å². The van der Waals surface area contributed by atoms with E-state index in [-0.39, 0.29) is 0 Å². The van der Waals surface area contributed by atoms with Crippen LogP contribution in [0, 0.1) is 46.3 Å². The second-order valence-electron chi connectivity index (χ2n) is 13.5. The molecule has 4 fully saturated rings. The highest BCUT2D eigenvalue weighted by molar-refractivity contribution is 5.10. The Morgan fingerprint density at radius 2 is 1.63 bits per heavy atom. The first kappa shape index (κ1) is 23.1. The van der Waals surface area contributed by atoms with E-state index < -0.39 is 11.2 Å². The maximum atomic E-state index is 10.7. The third-order valence-corrected chi connectivity index (χ3v) is 11.6. The number of fused-ring (bicyclic) bond motifs is 5. The van der Waals surface area contributed by atoms with Crippen LogP contribution in [0.5, 0.6) is 0 Å². The van der Waals surface area contributed by atoms with Gasteiger partial charge in [-0.3, -0.25) is 0 Å². The van der Waals surface area contributed by atoms with Gasteiger partial charge in [-0.05, 0) is 137 Å². The van der Waals surface area contributed by atoms with Crippen LogP contribution in [0.4, 0.5) is 0 Å². The number of hydrogen-bond acceptors (Lipinski definition) is 2. The van der Waals surface area contributed by atoms with Crippen molar-refractivity contribution in [3.8, 4) is 0 Å². The van der Waals surface area contributed by atoms with Crippen LogP contribution in [0.25, 0.3) is 0 Å². The van der Waals surface area contributed by atoms with Crippen molar-refractivity contribution in [3.63, 3.8) is 0 Å². The van der Waals surface area contributed by atoms with E-state index in [1.54, 1.807) is 0 Å². The first-order valence-corrected chi connectivity index (χ1v) is 13.4. The molecule has 2 nitrogen and oxygen atoms in total. The monoisotopic (exact) mass is 418 g/mol. The maximum Gasteiger partial charge on any atom is 0.0622 e. The molecule has 2 N–H and O–H groups in total. The Hall–Kier alpha value is -0.0800. The normalized spacial score (nSPS) is 51.4. The van der Waals surface area contributed by atoms with E-state index in [1.165, 1.54) is 51.4 Å². The zero-order valence-electron chi connectivity index (χ0n) is 20.8. The molecular formula is C28H50O2. The first-order chi connectivity index (χ1) is 13.9. The minimum absolute atomic E-state index is 0.423. The van der Waals surface area contributed by atoms with Gasteiger partial charge in [-0.2, -0.15) is 0 Å². The van der Waals surface area contributed by atoms with Gasteiger partial charge in [0.2, 0.25) is 0 Å². The summed E-state index contributed by atoms with van der Waals surface area (Å²) >= 11 is 0. The van der Waals surface area contributed by atoms with Crippen molar-refractivity contribution in [3.05, 3.63) is 0 Å². The van der Waals surface area contributed by atoms with Crippen LogP contribution in [-0.2, 0) is 0 Å². The summed E-state index contributed by atoms with van der Waals surface area (Å²) in [6.45, 7) is 14.0. The summed E-state index contributed by atoms with van der Waals surface area (Å²) < 4.78 is 0. The van der Waals surface area contributed by atoms with Gasteiger partial charge in [-0.25, -0.2) is 0 Å². The van der Waals surface area contributed by atoms with E-state index in [4.69, 9.17) is 0 Å². The van der Waals surface area contributed by atoms with E-state index in [2.05, 4.69) is 34.6 Å². The third kappa shape index (κ3) is 3.81. The Bertz CT molecular complexity index is 624. The van der Waals surface area contributed by atoms with Crippen molar-refractivity contribution in [2.75, 3.05) is 0 Å². The average molecular weight is 419 g/mol. The maximum absolute atomic E-state index is 10.7. The molecule has 0 radical (unpaired) electrons. The SMILES string of the molecule is CC[C@](C)(O)CCC(C)[C@H]1CC[C@H]2[C@@H]3CC[C@H]4C[C@@](C)(O)CC[C@]4(C)[C@H]3CC[C@]12C. The second-order valence-corrected chi connectivity index (χ2v) is 13.5. The topological polar surface area (TPSA) is 40.5 Å². The van der Waals surface area contributed by atoms with Gasteiger partial charge in [0.05, 0.1) is 11.2 Å². The molecule has 0 aliphatic heterocycles. The molecular weight excluding hydrogens is 368 g/mol. The Balaban J connectivity index is 1.48. The van der Waals surface area contributed by atoms with Crippen molar-refractivity contribution in [2.45, 2.75) is 130 Å². The smallest absolute Gasteiger partial charge is 0.0622 e. The summed E-state index contributed by atoms with van der Waals surface area (Å²) in [5.41, 5.74) is 0.0752. The van der Waals surface area contributed by atoms with E-state index >= 15 is 0 Å². The molecule has 0 spiro atoms. The van der Waals surface area contributed by atoms with Gasteiger partial charge in [0.15, 0.2) is 0 Å². The lowest BCUT2D eigenvalue weighted by Crippen LogP contribution is -2.55. The molecule has 174 valence electrons. The van der Waals surface area contributed by atoms with E-state index in [0.717, 1.165) is 61.2 Å². The van der Waals surface area contributed by atoms with Crippen molar-refractivity contribution in [1.82, 2.24) is 0 Å². The van der Waals surface area contributed by atoms with Crippen LogP contribution in [0.2, 0.25) is 0 Å². The zero-order valence-corrected chi connectivity index (χ0v) is 20.8. The molecule has 0 aromatic heterocycles. The summed E-state index contributed by atoms with van der Waals surface area (Å²) in [5.74, 6) is 5.03. The number of rotatable bonds is 5. The second kappa shape index (κ2) is 7.75. The van der Waals surface area contributed by atoms with E-state index in [0.29, 0.717) is 10.8 Å². The van der Waals surface area contributed by atoms with Crippen molar-refractivity contribution < 1.29 is 10.2 Å². The van der Waals surface area contributed by atoms with E-state index in [9.17, 15) is 10.2 Å². The molecule has 0 heterocycles. The highest BCUT2D eigenvalue weighted by atomic mass is 16.3. The summed E-state index contributed by atoms with van der Waals surface area (Å²) in [4.78, 5) is 0. The minimum atomic E-state index is -0.486. The molecule has 10 atom stereocenters. The van der Waals surface area contributed by atoms with Crippen LogP contribution < -0.4 is 0 Å². The quantitative estimate of drug-likeness (QED) is 0.506. The van der Waals surface area contributed by atoms with Crippen molar-refractivity contribution in [2.24, 2.45) is 46.3 Å². The fourth-order valence-corrected chi connectivity index (χ4v) is 9.32. The molecule has 0 aromatic rings. The highest BCUT2D eigenvalue weighted by Crippen LogP contribution is 2.68. The Labute approximate surface area is 186 Å². The van der Waals surface area contributed by atoms with Crippen LogP contribution in [0.1, 0.15) is 119 Å². The Morgan fingerprint density at radius 3 is 2.33 bits per heavy atom. The largest absolute Gasteiger partial charge is 0.390 e. The summed E-state index contributed by atoms with van der Waals surface area (Å²) in [5, 5.41) is 21.2. The lowest BCUT2D eigenvalue weighted by molar-refractivity contribution is -0.148. The van der Waals surface area contributed by atoms with Gasteiger partial charge in [0, 0.05) is 0 Å². The minimum Gasteiger partial charge on any atom is -0.390 e. The molecule has 1 unspecified atom stereocenters. The molecule has 0 saturated heterocycles. The lowest BCUT2D eigenvalue weighted by atomic mass is 9.43. The predicted octanol–water partition coefficient (Wildman–Crippen LogP) is 6.97. The van der Waals surface area contributed by atoms with Crippen LogP contribution in [-0.4, -0.2) is 21.4 Å². The Kier molecular flexibility index (Phi) is 5.97. The lowest BCUT2D eigenvalue weighted by Gasteiger charge is -2.62. The fraction of sp³-hybridized carbons (Fsp3) is 1.00. The number of hydrogen-bond donors (Lipinski definition) is 2. The van der Waals surface area contributed by atoms with Gasteiger partial charge in [0.1, 0.15) is 0 Å². The van der Waals surface area contributed by atoms with Crippen LogP contribution >= 0.6 is 0 Å². The molecule has 4 saturated carbocycles. The van der Waals surface area contributed by atoms with Gasteiger partial charge < -0.3 is 10.2 Å². The van der Waals surface area contributed by atoms with Crippen LogP contribution in [0.3, 0.4) is 0 Å². The molecule has 4 rings (SSSR count). The molecule has 2 heteroatoms. The standard InChI is InChI=1S/C28H50O2/c1-7-25(3,29)14-12-19(2)22-10-11-23-21-9-8-20-18-26(4,30)16-17-27(20,5)24(21)13-15-28(22,23)6/h19-24,29-30H,7-18H2,1-6H3/t19?,20-,21-,22+,23-,24-,25-,26-,27-,28+/m0/s1. The molecule has 0 bridgehead atoms. The van der Waals surface area contributed by atoms with Gasteiger partial charge in [-0.15, -0.1) is 0 Å². The number of aliphatic hydroxyl groups is 2. The predicted molar refractivity (Wildman–Crippen MR) is 125 cm³/mol. The molecule has 0 amide bonds. The summed E-state index contributed by atoms with van der Waals surface area (Å²) in [6.07, 6.45) is 14.7. The van der Waals surface area contributed by atoms with Crippen LogP contribution in [0.15, 0.2) is 0 Å². The third-order valence-electron chi connectivity index (χ3n) is 11.6. The van der Waals surface area contributed by atoms with Gasteiger partial charge >= 0.3 is 0 Å². The highest BCUT2D eigenvalue weighted by Gasteiger charge is 2.61. The Morgan fingerprint density at radius 1 is 0.933 bits per heavy atom. The summed E-state index contributed by atoms with van der Waals surface area (Å²) in [6, 6.07) is 0. The molecule has 0 aromatic carbocycles. The first-order valence-electron chi connectivity index (χ1n) is 13.4.